The smallest absolute Gasteiger partial charge is 0.267 e. The van der Waals surface area contributed by atoms with Crippen molar-refractivity contribution in [2.24, 2.45) is 11.1 Å². The average molecular weight is 375 g/mol. The first kappa shape index (κ1) is 21.4. The molecule has 3 rings (SSSR count). The van der Waals surface area contributed by atoms with Crippen molar-refractivity contribution in [1.29, 1.82) is 0 Å². The molecule has 0 unspecified atom stereocenters. The Bertz CT molecular complexity index is 939. The van der Waals surface area contributed by atoms with Gasteiger partial charge < -0.3 is 5.73 Å². The van der Waals surface area contributed by atoms with Crippen molar-refractivity contribution < 1.29 is 4.79 Å². The number of benzene rings is 2. The van der Waals surface area contributed by atoms with E-state index in [1.54, 1.807) is 12.3 Å². The summed E-state index contributed by atoms with van der Waals surface area (Å²) in [6, 6.07) is 20.1. The van der Waals surface area contributed by atoms with Gasteiger partial charge in [-0.2, -0.15) is 0 Å². The summed E-state index contributed by atoms with van der Waals surface area (Å²) in [5.41, 5.74) is 11.7. The lowest BCUT2D eigenvalue weighted by atomic mass is 9.94. The molecule has 2 N–H and O–H groups in total. The molecule has 0 radical (unpaired) electrons. The highest BCUT2D eigenvalue weighted by molar-refractivity contribution is 5.92. The van der Waals surface area contributed by atoms with E-state index in [0.29, 0.717) is 5.41 Å². The summed E-state index contributed by atoms with van der Waals surface area (Å²) in [7, 11) is 0. The van der Waals surface area contributed by atoms with Crippen LogP contribution in [0.2, 0.25) is 0 Å². The highest BCUT2D eigenvalue weighted by Gasteiger charge is 2.07. The molecule has 3 aromatic rings. The number of nitrogens with zero attached hydrogens (tertiary/aromatic N) is 1. The third-order valence-electron chi connectivity index (χ3n) is 4.73. The van der Waals surface area contributed by atoms with E-state index in [1.165, 1.54) is 17.5 Å². The Morgan fingerprint density at radius 2 is 1.54 bits per heavy atom. The van der Waals surface area contributed by atoms with Crippen LogP contribution in [0.3, 0.4) is 0 Å². The fourth-order valence-corrected chi connectivity index (χ4v) is 2.51. The van der Waals surface area contributed by atoms with Gasteiger partial charge in [0.1, 0.15) is 5.69 Å². The highest BCUT2D eigenvalue weighted by atomic mass is 16.1. The third-order valence-corrected chi connectivity index (χ3v) is 4.73. The maximum atomic E-state index is 11.3. The Labute approximate surface area is 168 Å². The minimum absolute atomic E-state index is 0.277. The van der Waals surface area contributed by atoms with Crippen LogP contribution in [-0.4, -0.2) is 10.9 Å². The number of aryl methyl sites for hydroxylation is 1. The Balaban J connectivity index is 0.000000409. The number of hydrogen-bond donors (Lipinski definition) is 1. The molecule has 3 nitrogen and oxygen atoms in total. The van der Waals surface area contributed by atoms with E-state index in [2.05, 4.69) is 63.9 Å². The maximum absolute atomic E-state index is 11.3. The number of carbonyl (C=O) groups excluding carboxylic acids is 1. The molecule has 1 aromatic heterocycles. The van der Waals surface area contributed by atoms with E-state index in [-0.39, 0.29) is 5.69 Å². The molecular formula is C25H30N2O. The van der Waals surface area contributed by atoms with Gasteiger partial charge in [0.2, 0.25) is 0 Å². The van der Waals surface area contributed by atoms with Crippen molar-refractivity contribution in [2.45, 2.75) is 41.0 Å². The first-order chi connectivity index (χ1) is 13.2. The normalized spacial score (nSPS) is 10.8. The van der Waals surface area contributed by atoms with Gasteiger partial charge >= 0.3 is 0 Å². The second kappa shape index (κ2) is 9.32. The number of pyridine rings is 1. The molecule has 0 fully saturated rings. The molecule has 0 aliphatic carbocycles. The van der Waals surface area contributed by atoms with Crippen molar-refractivity contribution in [3.05, 3.63) is 78.1 Å². The SMILES string of the molecule is CCC(C)(C)C.Cc1ccccc1-c1cccc(-c2ccnc(C(N)=O)c2)c1. The summed E-state index contributed by atoms with van der Waals surface area (Å²) in [6.07, 6.45) is 2.88. The Hall–Kier alpha value is -2.94. The van der Waals surface area contributed by atoms with Gasteiger partial charge in [0.15, 0.2) is 0 Å². The van der Waals surface area contributed by atoms with E-state index in [4.69, 9.17) is 5.73 Å². The predicted molar refractivity (Wildman–Crippen MR) is 118 cm³/mol. The van der Waals surface area contributed by atoms with Gasteiger partial charge in [0.25, 0.3) is 5.91 Å². The molecule has 28 heavy (non-hydrogen) atoms. The van der Waals surface area contributed by atoms with E-state index >= 15 is 0 Å². The van der Waals surface area contributed by atoms with Crippen LogP contribution in [-0.2, 0) is 0 Å². The molecule has 146 valence electrons. The van der Waals surface area contributed by atoms with Gasteiger partial charge in [-0.25, -0.2) is 0 Å². The van der Waals surface area contributed by atoms with Crippen molar-refractivity contribution in [2.75, 3.05) is 0 Å². The number of rotatable bonds is 3. The molecule has 0 spiro atoms. The Morgan fingerprint density at radius 1 is 0.929 bits per heavy atom. The van der Waals surface area contributed by atoms with Crippen molar-refractivity contribution >= 4 is 5.91 Å². The molecule has 0 saturated heterocycles. The van der Waals surface area contributed by atoms with E-state index in [0.717, 1.165) is 16.7 Å². The van der Waals surface area contributed by atoms with Crippen molar-refractivity contribution in [3.63, 3.8) is 0 Å². The standard InChI is InChI=1S/C19H16N2O.C6H14/c1-13-5-2-3-8-17(13)16-7-4-6-14(11-16)15-9-10-21-18(12-15)19(20)22;1-5-6(2,3)4/h2-12H,1H3,(H2,20,22);5H2,1-4H3. The summed E-state index contributed by atoms with van der Waals surface area (Å²) < 4.78 is 0. The fourth-order valence-electron chi connectivity index (χ4n) is 2.51. The molecule has 1 amide bonds. The van der Waals surface area contributed by atoms with Crippen LogP contribution in [0.5, 0.6) is 0 Å². The lowest BCUT2D eigenvalue weighted by Crippen LogP contribution is -2.12. The molecule has 0 saturated carbocycles. The molecule has 0 aliphatic rings. The van der Waals surface area contributed by atoms with Crippen LogP contribution in [0.15, 0.2) is 66.9 Å². The first-order valence-electron chi connectivity index (χ1n) is 9.63. The van der Waals surface area contributed by atoms with Gasteiger partial charge in [0.05, 0.1) is 0 Å². The van der Waals surface area contributed by atoms with Gasteiger partial charge in [-0.15, -0.1) is 0 Å². The summed E-state index contributed by atoms with van der Waals surface area (Å²) >= 11 is 0. The molecule has 1 heterocycles. The second-order valence-corrected chi connectivity index (χ2v) is 8.10. The summed E-state index contributed by atoms with van der Waals surface area (Å²) in [6.45, 7) is 11.0. The van der Waals surface area contributed by atoms with E-state index < -0.39 is 5.91 Å². The Kier molecular flexibility index (Phi) is 7.11. The molecule has 0 atom stereocenters. The van der Waals surface area contributed by atoms with Gasteiger partial charge in [-0.3, -0.25) is 9.78 Å². The first-order valence-corrected chi connectivity index (χ1v) is 9.63. The highest BCUT2D eigenvalue weighted by Crippen LogP contribution is 2.28. The number of carbonyl (C=O) groups is 1. The van der Waals surface area contributed by atoms with Crippen molar-refractivity contribution in [3.8, 4) is 22.3 Å². The van der Waals surface area contributed by atoms with E-state index in [1.807, 2.05) is 30.3 Å². The van der Waals surface area contributed by atoms with Crippen LogP contribution < -0.4 is 5.73 Å². The van der Waals surface area contributed by atoms with Crippen LogP contribution in [0.25, 0.3) is 22.3 Å². The molecule has 3 heteroatoms. The predicted octanol–water partition coefficient (Wildman–Crippen LogP) is 6.27. The van der Waals surface area contributed by atoms with Crippen LogP contribution >= 0.6 is 0 Å². The maximum Gasteiger partial charge on any atom is 0.267 e. The van der Waals surface area contributed by atoms with Crippen LogP contribution in [0.1, 0.15) is 50.2 Å². The monoisotopic (exact) mass is 374 g/mol. The molecular weight excluding hydrogens is 344 g/mol. The number of amides is 1. The topological polar surface area (TPSA) is 56.0 Å². The summed E-state index contributed by atoms with van der Waals surface area (Å²) in [5, 5.41) is 0. The van der Waals surface area contributed by atoms with Crippen LogP contribution in [0.4, 0.5) is 0 Å². The zero-order chi connectivity index (χ0) is 20.7. The molecule has 0 bridgehead atoms. The molecule has 0 aliphatic heterocycles. The minimum atomic E-state index is -0.517. The number of primary amides is 1. The lowest BCUT2D eigenvalue weighted by Gasteiger charge is -2.12. The average Bonchev–Trinajstić information content (AvgIpc) is 2.68. The van der Waals surface area contributed by atoms with Gasteiger partial charge in [-0.1, -0.05) is 76.6 Å². The Morgan fingerprint density at radius 3 is 2.14 bits per heavy atom. The van der Waals surface area contributed by atoms with Crippen molar-refractivity contribution in [1.82, 2.24) is 4.98 Å². The van der Waals surface area contributed by atoms with Gasteiger partial charge in [-0.05, 0) is 58.4 Å². The summed E-state index contributed by atoms with van der Waals surface area (Å²) in [4.78, 5) is 15.3. The van der Waals surface area contributed by atoms with Crippen LogP contribution in [0, 0.1) is 12.3 Å². The fraction of sp³-hybridized carbons (Fsp3) is 0.280. The number of hydrogen-bond acceptors (Lipinski definition) is 2. The van der Waals surface area contributed by atoms with E-state index in [9.17, 15) is 4.79 Å². The number of nitrogens with two attached hydrogens (primary N) is 1. The lowest BCUT2D eigenvalue weighted by molar-refractivity contribution is 0.0995. The summed E-state index contributed by atoms with van der Waals surface area (Å²) in [5.74, 6) is -0.517. The van der Waals surface area contributed by atoms with Gasteiger partial charge in [0, 0.05) is 6.20 Å². The minimum Gasteiger partial charge on any atom is -0.364 e. The quantitative estimate of drug-likeness (QED) is 0.588. The zero-order valence-corrected chi connectivity index (χ0v) is 17.5. The molecule has 2 aromatic carbocycles. The third kappa shape index (κ3) is 6.05. The zero-order valence-electron chi connectivity index (χ0n) is 17.5. The largest absolute Gasteiger partial charge is 0.364 e. The number of aromatic nitrogens is 1. The second-order valence-electron chi connectivity index (χ2n) is 8.10.